The first-order chi connectivity index (χ1) is 8.08. The minimum atomic E-state index is -0.804. The van der Waals surface area contributed by atoms with Crippen LogP contribution in [0.25, 0.3) is 0 Å². The van der Waals surface area contributed by atoms with Crippen molar-refractivity contribution in [2.45, 2.75) is 44.9 Å². The highest BCUT2D eigenvalue weighted by Crippen LogP contribution is 2.43. The normalized spacial score (nSPS) is 17.9. The maximum atomic E-state index is 11.7. The fourth-order valence-corrected chi connectivity index (χ4v) is 2.59. The number of amides is 1. The molecular weight excluding hydrogens is 220 g/mol. The number of hydrogen-bond acceptors (Lipinski definition) is 3. The van der Waals surface area contributed by atoms with E-state index in [1.807, 2.05) is 0 Å². The molecule has 98 valence electrons. The zero-order valence-corrected chi connectivity index (χ0v) is 10.2. The van der Waals surface area contributed by atoms with Crippen molar-refractivity contribution in [2.24, 2.45) is 11.1 Å². The fourth-order valence-electron chi connectivity index (χ4n) is 2.59. The molecule has 1 fully saturated rings. The van der Waals surface area contributed by atoms with Gasteiger partial charge in [0.05, 0.1) is 6.42 Å². The lowest BCUT2D eigenvalue weighted by Gasteiger charge is -2.26. The summed E-state index contributed by atoms with van der Waals surface area (Å²) in [4.78, 5) is 22.6. The summed E-state index contributed by atoms with van der Waals surface area (Å²) in [5.41, 5.74) is 5.03. The highest BCUT2D eigenvalue weighted by atomic mass is 16.4. The van der Waals surface area contributed by atoms with Crippen molar-refractivity contribution in [3.05, 3.63) is 0 Å². The van der Waals surface area contributed by atoms with Gasteiger partial charge in [-0.3, -0.25) is 9.59 Å². The smallest absolute Gasteiger partial charge is 0.303 e. The van der Waals surface area contributed by atoms with E-state index in [1.165, 1.54) is 0 Å². The van der Waals surface area contributed by atoms with Crippen molar-refractivity contribution < 1.29 is 14.7 Å². The van der Waals surface area contributed by atoms with Crippen LogP contribution in [0.15, 0.2) is 0 Å². The third-order valence-corrected chi connectivity index (χ3v) is 3.43. The van der Waals surface area contributed by atoms with Crippen molar-refractivity contribution in [3.63, 3.8) is 0 Å². The Morgan fingerprint density at radius 3 is 2.41 bits per heavy atom. The zero-order valence-electron chi connectivity index (χ0n) is 10.2. The largest absolute Gasteiger partial charge is 0.481 e. The Kier molecular flexibility index (Phi) is 5.41. The molecule has 0 heterocycles. The van der Waals surface area contributed by atoms with Gasteiger partial charge in [-0.25, -0.2) is 0 Å². The number of carbonyl (C=O) groups excluding carboxylic acids is 1. The first-order valence-corrected chi connectivity index (χ1v) is 6.26. The van der Waals surface area contributed by atoms with Gasteiger partial charge in [-0.1, -0.05) is 12.8 Å². The molecule has 0 saturated heterocycles. The topological polar surface area (TPSA) is 92.4 Å². The summed E-state index contributed by atoms with van der Waals surface area (Å²) in [6.07, 6.45) is 4.97. The summed E-state index contributed by atoms with van der Waals surface area (Å²) in [5, 5.41) is 11.7. The molecule has 0 aliphatic heterocycles. The Hall–Kier alpha value is -1.10. The van der Waals surface area contributed by atoms with Crippen molar-refractivity contribution >= 4 is 11.9 Å². The van der Waals surface area contributed by atoms with Gasteiger partial charge in [0.2, 0.25) is 5.91 Å². The van der Waals surface area contributed by atoms with Gasteiger partial charge in [0.1, 0.15) is 0 Å². The Bertz CT molecular complexity index is 273. The number of hydrogen-bond donors (Lipinski definition) is 3. The van der Waals surface area contributed by atoms with Crippen LogP contribution in [-0.2, 0) is 9.59 Å². The molecule has 1 aliphatic rings. The summed E-state index contributed by atoms with van der Waals surface area (Å²) in [6.45, 7) is 1.14. The number of carboxylic acid groups (broad SMARTS) is 1. The second-order valence-electron chi connectivity index (χ2n) is 4.95. The maximum Gasteiger partial charge on any atom is 0.303 e. The van der Waals surface area contributed by atoms with Gasteiger partial charge >= 0.3 is 5.97 Å². The average molecular weight is 242 g/mol. The molecule has 4 N–H and O–H groups in total. The molecule has 0 unspecified atom stereocenters. The first kappa shape index (κ1) is 14.0. The summed E-state index contributed by atoms with van der Waals surface area (Å²) < 4.78 is 0. The molecule has 0 aromatic heterocycles. The number of rotatable bonds is 7. The molecule has 0 atom stereocenters. The summed E-state index contributed by atoms with van der Waals surface area (Å²) in [6, 6.07) is 0. The lowest BCUT2D eigenvalue weighted by molar-refractivity contribution is -0.140. The molecule has 5 heteroatoms. The number of aliphatic carboxylic acids is 1. The van der Waals surface area contributed by atoms with Gasteiger partial charge in [0.25, 0.3) is 0 Å². The number of carbonyl (C=O) groups is 2. The Morgan fingerprint density at radius 2 is 1.88 bits per heavy atom. The van der Waals surface area contributed by atoms with Gasteiger partial charge in [-0.05, 0) is 31.2 Å². The molecule has 17 heavy (non-hydrogen) atoms. The summed E-state index contributed by atoms with van der Waals surface area (Å²) in [7, 11) is 0. The molecule has 5 nitrogen and oxygen atoms in total. The van der Waals surface area contributed by atoms with Crippen LogP contribution >= 0.6 is 0 Å². The van der Waals surface area contributed by atoms with Gasteiger partial charge in [-0.15, -0.1) is 0 Å². The van der Waals surface area contributed by atoms with Crippen molar-refractivity contribution in [3.8, 4) is 0 Å². The first-order valence-electron chi connectivity index (χ1n) is 6.26. The summed E-state index contributed by atoms with van der Waals surface area (Å²) >= 11 is 0. The van der Waals surface area contributed by atoms with Crippen LogP contribution in [-0.4, -0.2) is 30.1 Å². The van der Waals surface area contributed by atoms with E-state index in [4.69, 9.17) is 10.8 Å². The predicted octanol–water partition coefficient (Wildman–Crippen LogP) is 0.877. The van der Waals surface area contributed by atoms with Gasteiger partial charge in [0, 0.05) is 13.0 Å². The molecule has 0 aromatic rings. The van der Waals surface area contributed by atoms with E-state index in [-0.39, 0.29) is 17.7 Å². The van der Waals surface area contributed by atoms with E-state index >= 15 is 0 Å². The number of carboxylic acids is 1. The Labute approximate surface area is 102 Å². The highest BCUT2D eigenvalue weighted by Gasteiger charge is 2.37. The SMILES string of the molecule is NCCCNC(=O)CC1(CC(=O)O)CCCC1. The van der Waals surface area contributed by atoms with Crippen molar-refractivity contribution in [1.82, 2.24) is 5.32 Å². The van der Waals surface area contributed by atoms with Crippen molar-refractivity contribution in [1.29, 1.82) is 0 Å². The van der Waals surface area contributed by atoms with Crippen LogP contribution in [0, 0.1) is 5.41 Å². The molecule has 1 aliphatic carbocycles. The summed E-state index contributed by atoms with van der Waals surface area (Å²) in [5.74, 6) is -0.844. The lowest BCUT2D eigenvalue weighted by Crippen LogP contribution is -2.33. The minimum absolute atomic E-state index is 0.0402. The van der Waals surface area contributed by atoms with E-state index in [0.29, 0.717) is 19.5 Å². The van der Waals surface area contributed by atoms with Crippen LogP contribution in [0.1, 0.15) is 44.9 Å². The third kappa shape index (κ3) is 4.73. The predicted molar refractivity (Wildman–Crippen MR) is 64.5 cm³/mol. The van der Waals surface area contributed by atoms with E-state index < -0.39 is 5.97 Å². The van der Waals surface area contributed by atoms with Gasteiger partial charge in [0.15, 0.2) is 0 Å². The minimum Gasteiger partial charge on any atom is -0.481 e. The van der Waals surface area contributed by atoms with Crippen LogP contribution in [0.5, 0.6) is 0 Å². The van der Waals surface area contributed by atoms with Gasteiger partial charge < -0.3 is 16.2 Å². The maximum absolute atomic E-state index is 11.7. The molecule has 0 aromatic carbocycles. The Balaban J connectivity index is 2.43. The standard InChI is InChI=1S/C12H22N2O3/c13-6-3-7-14-10(15)8-12(9-11(16)17)4-1-2-5-12/h1-9,13H2,(H,14,15)(H,16,17). The third-order valence-electron chi connectivity index (χ3n) is 3.43. The lowest BCUT2D eigenvalue weighted by atomic mass is 9.79. The second kappa shape index (κ2) is 6.59. The molecule has 1 rings (SSSR count). The number of nitrogens with two attached hydrogens (primary N) is 1. The fraction of sp³-hybridized carbons (Fsp3) is 0.833. The van der Waals surface area contributed by atoms with E-state index in [2.05, 4.69) is 5.32 Å². The van der Waals surface area contributed by atoms with Gasteiger partial charge in [-0.2, -0.15) is 0 Å². The molecule has 0 radical (unpaired) electrons. The van der Waals surface area contributed by atoms with Crippen LogP contribution < -0.4 is 11.1 Å². The highest BCUT2D eigenvalue weighted by molar-refractivity contribution is 5.78. The van der Waals surface area contributed by atoms with E-state index in [9.17, 15) is 9.59 Å². The molecule has 0 bridgehead atoms. The molecule has 1 amide bonds. The van der Waals surface area contributed by atoms with E-state index in [1.54, 1.807) is 0 Å². The van der Waals surface area contributed by atoms with Crippen LogP contribution in [0.2, 0.25) is 0 Å². The van der Waals surface area contributed by atoms with Crippen LogP contribution in [0.3, 0.4) is 0 Å². The zero-order chi connectivity index (χ0) is 12.7. The van der Waals surface area contributed by atoms with Crippen LogP contribution in [0.4, 0.5) is 0 Å². The van der Waals surface area contributed by atoms with Crippen molar-refractivity contribution in [2.75, 3.05) is 13.1 Å². The molecule has 1 saturated carbocycles. The Morgan fingerprint density at radius 1 is 1.24 bits per heavy atom. The number of nitrogens with one attached hydrogen (secondary N) is 1. The molecule has 0 spiro atoms. The monoisotopic (exact) mass is 242 g/mol. The second-order valence-corrected chi connectivity index (χ2v) is 4.95. The van der Waals surface area contributed by atoms with E-state index in [0.717, 1.165) is 32.1 Å². The molecular formula is C12H22N2O3. The average Bonchev–Trinajstić information content (AvgIpc) is 2.65. The quantitative estimate of drug-likeness (QED) is 0.578.